The summed E-state index contributed by atoms with van der Waals surface area (Å²) in [6.45, 7) is 2.01. The van der Waals surface area contributed by atoms with Gasteiger partial charge in [-0.2, -0.15) is 0 Å². The Balaban J connectivity index is 2.25. The summed E-state index contributed by atoms with van der Waals surface area (Å²) in [5.41, 5.74) is 0. The van der Waals surface area contributed by atoms with Crippen LogP contribution in [-0.4, -0.2) is 18.7 Å². The molecule has 18 heavy (non-hydrogen) atoms. The van der Waals surface area contributed by atoms with Crippen LogP contribution in [-0.2, 0) is 9.53 Å². The average Bonchev–Trinajstić information content (AvgIpc) is 2.36. The number of benzene rings is 1. The number of nitrogens with one attached hydrogen (secondary N) is 1. The number of ether oxygens (including phenoxy) is 2. The van der Waals surface area contributed by atoms with Crippen molar-refractivity contribution in [1.82, 2.24) is 5.32 Å². The van der Waals surface area contributed by atoms with Gasteiger partial charge in [0.1, 0.15) is 5.75 Å². The van der Waals surface area contributed by atoms with E-state index in [-0.39, 0.29) is 6.42 Å². The summed E-state index contributed by atoms with van der Waals surface area (Å²) in [5.74, 6) is 0.0948. The van der Waals surface area contributed by atoms with Crippen molar-refractivity contribution < 1.29 is 19.1 Å². The number of para-hydroxylation sites is 1. The van der Waals surface area contributed by atoms with Crippen LogP contribution in [0.3, 0.4) is 0 Å². The second-order valence-electron chi connectivity index (χ2n) is 3.26. The van der Waals surface area contributed by atoms with Crippen LogP contribution in [0.1, 0.15) is 13.3 Å². The maximum atomic E-state index is 11.4. The van der Waals surface area contributed by atoms with Crippen LogP contribution in [0.4, 0.5) is 4.79 Å². The van der Waals surface area contributed by atoms with Gasteiger partial charge in [0.25, 0.3) is 0 Å². The Hall–Kier alpha value is -2.30. The fourth-order valence-corrected chi connectivity index (χ4v) is 1.12. The highest BCUT2D eigenvalue weighted by Gasteiger charge is 2.01. The molecular formula is C13H15NO4. The van der Waals surface area contributed by atoms with Crippen LogP contribution in [0.15, 0.2) is 42.6 Å². The maximum Gasteiger partial charge on any atom is 0.411 e. The number of esters is 1. The molecule has 0 aromatic heterocycles. The monoisotopic (exact) mass is 249 g/mol. The molecule has 0 atom stereocenters. The minimum absolute atomic E-state index is 0.0707. The van der Waals surface area contributed by atoms with Gasteiger partial charge in [-0.3, -0.25) is 10.1 Å². The summed E-state index contributed by atoms with van der Waals surface area (Å²) in [6, 6.07) is 8.78. The Morgan fingerprint density at radius 3 is 2.67 bits per heavy atom. The van der Waals surface area contributed by atoms with Crippen molar-refractivity contribution in [2.45, 2.75) is 13.3 Å². The first-order valence-electron chi connectivity index (χ1n) is 5.56. The molecule has 0 bridgehead atoms. The summed E-state index contributed by atoms with van der Waals surface area (Å²) >= 11 is 0. The summed E-state index contributed by atoms with van der Waals surface area (Å²) in [5, 5.41) is 2.35. The van der Waals surface area contributed by atoms with Crippen LogP contribution < -0.4 is 10.1 Å². The number of rotatable bonds is 5. The largest absolute Gasteiger partial charge is 0.450 e. The number of alkyl carbamates (subject to hydrolysis) is 1. The molecular weight excluding hydrogens is 234 g/mol. The number of carbonyl (C=O) groups is 2. The molecule has 1 amide bonds. The van der Waals surface area contributed by atoms with Crippen molar-refractivity contribution in [2.75, 3.05) is 6.61 Å². The minimum Gasteiger partial charge on any atom is -0.450 e. The topological polar surface area (TPSA) is 64.6 Å². The molecule has 0 radical (unpaired) electrons. The van der Waals surface area contributed by atoms with Gasteiger partial charge < -0.3 is 9.47 Å². The molecule has 0 heterocycles. The van der Waals surface area contributed by atoms with Crippen molar-refractivity contribution in [2.24, 2.45) is 0 Å². The standard InChI is InChI=1S/C13H15NO4/c1-2-17-13(16)14-10-6-9-12(15)18-11-7-4-3-5-8-11/h3-8,10H,2,9H2,1H3,(H,14,16)/b10-6+. The van der Waals surface area contributed by atoms with Crippen molar-refractivity contribution in [3.63, 3.8) is 0 Å². The molecule has 0 saturated heterocycles. The average molecular weight is 249 g/mol. The third-order valence-corrected chi connectivity index (χ3v) is 1.85. The number of hydrogen-bond acceptors (Lipinski definition) is 4. The molecule has 5 nitrogen and oxygen atoms in total. The summed E-state index contributed by atoms with van der Waals surface area (Å²) < 4.78 is 9.66. The van der Waals surface area contributed by atoms with E-state index in [0.29, 0.717) is 12.4 Å². The lowest BCUT2D eigenvalue weighted by Crippen LogP contribution is -2.18. The van der Waals surface area contributed by atoms with E-state index < -0.39 is 12.1 Å². The van der Waals surface area contributed by atoms with Crippen LogP contribution in [0.25, 0.3) is 0 Å². The molecule has 1 rings (SSSR count). The maximum absolute atomic E-state index is 11.4. The third-order valence-electron chi connectivity index (χ3n) is 1.85. The quantitative estimate of drug-likeness (QED) is 0.642. The molecule has 0 unspecified atom stereocenters. The van der Waals surface area contributed by atoms with Crippen LogP contribution in [0.2, 0.25) is 0 Å². The van der Waals surface area contributed by atoms with E-state index in [1.165, 1.54) is 12.3 Å². The molecule has 0 fully saturated rings. The van der Waals surface area contributed by atoms with Gasteiger partial charge in [0, 0.05) is 6.20 Å². The zero-order chi connectivity index (χ0) is 13.2. The molecule has 96 valence electrons. The van der Waals surface area contributed by atoms with Gasteiger partial charge in [0.2, 0.25) is 0 Å². The molecule has 1 N–H and O–H groups in total. The molecule has 0 aliphatic rings. The molecule has 1 aromatic carbocycles. The van der Waals surface area contributed by atoms with Crippen LogP contribution in [0, 0.1) is 0 Å². The molecule has 0 aliphatic carbocycles. The van der Waals surface area contributed by atoms with E-state index in [1.54, 1.807) is 31.2 Å². The number of carbonyl (C=O) groups excluding carboxylic acids is 2. The first kappa shape index (κ1) is 13.8. The SMILES string of the molecule is CCOC(=O)N/C=C/CC(=O)Oc1ccccc1. The first-order valence-corrected chi connectivity index (χ1v) is 5.56. The fraction of sp³-hybridized carbons (Fsp3) is 0.231. The predicted molar refractivity (Wildman–Crippen MR) is 66.0 cm³/mol. The van der Waals surface area contributed by atoms with Crippen LogP contribution in [0.5, 0.6) is 5.75 Å². The van der Waals surface area contributed by atoms with Gasteiger partial charge in [-0.25, -0.2) is 4.79 Å². The Morgan fingerprint density at radius 1 is 1.28 bits per heavy atom. The predicted octanol–water partition coefficient (Wildman–Crippen LogP) is 2.24. The zero-order valence-corrected chi connectivity index (χ0v) is 10.1. The van der Waals surface area contributed by atoms with Gasteiger partial charge in [-0.1, -0.05) is 24.3 Å². The molecule has 0 spiro atoms. The zero-order valence-electron chi connectivity index (χ0n) is 10.1. The van der Waals surface area contributed by atoms with Gasteiger partial charge in [-0.05, 0) is 19.1 Å². The molecule has 0 aliphatic heterocycles. The third kappa shape index (κ3) is 5.69. The second-order valence-corrected chi connectivity index (χ2v) is 3.26. The molecule has 5 heteroatoms. The van der Waals surface area contributed by atoms with E-state index >= 15 is 0 Å². The fourth-order valence-electron chi connectivity index (χ4n) is 1.12. The Bertz CT molecular complexity index is 414. The van der Waals surface area contributed by atoms with Crippen molar-refractivity contribution >= 4 is 12.1 Å². The second kappa shape index (κ2) is 7.89. The van der Waals surface area contributed by atoms with E-state index in [1.807, 2.05) is 6.07 Å². The van der Waals surface area contributed by atoms with Gasteiger partial charge in [-0.15, -0.1) is 0 Å². The van der Waals surface area contributed by atoms with E-state index in [0.717, 1.165) is 0 Å². The Morgan fingerprint density at radius 2 is 2.00 bits per heavy atom. The normalized spacial score (nSPS) is 10.1. The van der Waals surface area contributed by atoms with Crippen molar-refractivity contribution in [1.29, 1.82) is 0 Å². The number of amides is 1. The van der Waals surface area contributed by atoms with E-state index in [9.17, 15) is 9.59 Å². The smallest absolute Gasteiger partial charge is 0.411 e. The lowest BCUT2D eigenvalue weighted by atomic mass is 10.3. The van der Waals surface area contributed by atoms with E-state index in [2.05, 4.69) is 10.1 Å². The van der Waals surface area contributed by atoms with Crippen molar-refractivity contribution in [3.05, 3.63) is 42.6 Å². The lowest BCUT2D eigenvalue weighted by molar-refractivity contribution is -0.133. The Kier molecular flexibility index (Phi) is 6.03. The highest BCUT2D eigenvalue weighted by Crippen LogP contribution is 2.09. The summed E-state index contributed by atoms with van der Waals surface area (Å²) in [4.78, 5) is 22.2. The van der Waals surface area contributed by atoms with Gasteiger partial charge in [0.15, 0.2) is 0 Å². The lowest BCUT2D eigenvalue weighted by Gasteiger charge is -2.01. The van der Waals surface area contributed by atoms with Crippen LogP contribution >= 0.6 is 0 Å². The highest BCUT2D eigenvalue weighted by atomic mass is 16.5. The molecule has 0 saturated carbocycles. The summed E-state index contributed by atoms with van der Waals surface area (Å²) in [7, 11) is 0. The highest BCUT2D eigenvalue weighted by molar-refractivity contribution is 5.74. The number of hydrogen-bond donors (Lipinski definition) is 1. The first-order chi connectivity index (χ1) is 8.72. The van der Waals surface area contributed by atoms with Gasteiger partial charge >= 0.3 is 12.1 Å². The summed E-state index contributed by atoms with van der Waals surface area (Å²) in [6.07, 6.45) is 2.36. The van der Waals surface area contributed by atoms with Gasteiger partial charge in [0.05, 0.1) is 13.0 Å². The molecule has 1 aromatic rings. The van der Waals surface area contributed by atoms with E-state index in [4.69, 9.17) is 4.74 Å². The minimum atomic E-state index is -0.551. The van der Waals surface area contributed by atoms with Crippen molar-refractivity contribution in [3.8, 4) is 5.75 Å². The Labute approximate surface area is 105 Å².